The van der Waals surface area contributed by atoms with Gasteiger partial charge < -0.3 is 20.6 Å². The van der Waals surface area contributed by atoms with Crippen LogP contribution >= 0.6 is 0 Å². The number of carbonyl (C=O) groups is 3. The number of nitrogens with one attached hydrogen (secondary N) is 2. The number of rotatable bonds is 9. The van der Waals surface area contributed by atoms with Gasteiger partial charge in [0.2, 0.25) is 5.91 Å². The Kier molecular flexibility index (Phi) is 7.72. The average molecular weight is 473 g/mol. The van der Waals surface area contributed by atoms with Crippen LogP contribution in [0.5, 0.6) is 0 Å². The van der Waals surface area contributed by atoms with Crippen LogP contribution in [-0.4, -0.2) is 51.9 Å². The van der Waals surface area contributed by atoms with E-state index < -0.39 is 12.0 Å². The lowest BCUT2D eigenvalue weighted by Crippen LogP contribution is -2.42. The number of aliphatic carboxylic acids is 1. The van der Waals surface area contributed by atoms with Crippen molar-refractivity contribution in [3.63, 3.8) is 0 Å². The number of aromatic nitrogens is 1. The molecule has 4 rings (SSSR count). The maximum atomic E-state index is 13.2. The highest BCUT2D eigenvalue weighted by molar-refractivity contribution is 5.96. The predicted octanol–water partition coefficient (Wildman–Crippen LogP) is 2.89. The molecular formula is C27H28N4O4. The second-order valence-corrected chi connectivity index (χ2v) is 8.52. The van der Waals surface area contributed by atoms with Gasteiger partial charge in [-0.3, -0.25) is 19.4 Å². The van der Waals surface area contributed by atoms with Gasteiger partial charge in [0.05, 0.1) is 6.42 Å². The summed E-state index contributed by atoms with van der Waals surface area (Å²) in [7, 11) is 0. The van der Waals surface area contributed by atoms with Crippen molar-refractivity contribution < 1.29 is 19.5 Å². The van der Waals surface area contributed by atoms with E-state index in [9.17, 15) is 19.5 Å². The van der Waals surface area contributed by atoms with Crippen molar-refractivity contribution in [2.75, 3.05) is 18.4 Å². The third-order valence-electron chi connectivity index (χ3n) is 6.01. The van der Waals surface area contributed by atoms with Crippen LogP contribution in [0.4, 0.5) is 5.69 Å². The highest BCUT2D eigenvalue weighted by Gasteiger charge is 2.31. The SMILES string of the molecule is O=C(O)CC1Nc2cc(C(=O)NCCc3ccncc3)ccc2CN(CCc2ccccc2)C1=O. The smallest absolute Gasteiger partial charge is 0.305 e. The first-order valence-corrected chi connectivity index (χ1v) is 11.6. The minimum atomic E-state index is -1.06. The van der Waals surface area contributed by atoms with Gasteiger partial charge in [-0.25, -0.2) is 0 Å². The van der Waals surface area contributed by atoms with Gasteiger partial charge in [-0.15, -0.1) is 0 Å². The highest BCUT2D eigenvalue weighted by Crippen LogP contribution is 2.26. The van der Waals surface area contributed by atoms with Gasteiger partial charge in [0, 0.05) is 43.3 Å². The zero-order chi connectivity index (χ0) is 24.6. The summed E-state index contributed by atoms with van der Waals surface area (Å²) in [5.41, 5.74) is 4.08. The van der Waals surface area contributed by atoms with Crippen LogP contribution in [0.3, 0.4) is 0 Å². The number of benzene rings is 2. The Morgan fingerprint density at radius 3 is 2.51 bits per heavy atom. The van der Waals surface area contributed by atoms with Crippen molar-refractivity contribution in [2.45, 2.75) is 31.8 Å². The number of hydrogen-bond donors (Lipinski definition) is 3. The summed E-state index contributed by atoms with van der Waals surface area (Å²) in [5.74, 6) is -1.55. The van der Waals surface area contributed by atoms with Gasteiger partial charge in [-0.05, 0) is 53.8 Å². The van der Waals surface area contributed by atoms with E-state index in [1.807, 2.05) is 48.5 Å². The van der Waals surface area contributed by atoms with Gasteiger partial charge in [-0.2, -0.15) is 0 Å². The largest absolute Gasteiger partial charge is 0.481 e. The molecule has 2 amide bonds. The third kappa shape index (κ3) is 6.44. The minimum absolute atomic E-state index is 0.227. The predicted molar refractivity (Wildman–Crippen MR) is 132 cm³/mol. The second-order valence-electron chi connectivity index (χ2n) is 8.52. The second kappa shape index (κ2) is 11.3. The Morgan fingerprint density at radius 1 is 1.03 bits per heavy atom. The summed E-state index contributed by atoms with van der Waals surface area (Å²) in [6.07, 6.45) is 4.44. The molecule has 1 aliphatic rings. The van der Waals surface area contributed by atoms with Crippen molar-refractivity contribution in [1.82, 2.24) is 15.2 Å². The molecule has 35 heavy (non-hydrogen) atoms. The van der Waals surface area contributed by atoms with E-state index in [1.165, 1.54) is 0 Å². The summed E-state index contributed by atoms with van der Waals surface area (Å²) in [6.45, 7) is 1.28. The number of pyridine rings is 1. The lowest BCUT2D eigenvalue weighted by atomic mass is 10.1. The molecule has 2 aromatic carbocycles. The number of anilines is 1. The molecule has 0 radical (unpaired) electrons. The van der Waals surface area contributed by atoms with Crippen LogP contribution in [0, 0.1) is 0 Å². The van der Waals surface area contributed by atoms with Crippen LogP contribution in [-0.2, 0) is 29.0 Å². The molecule has 8 nitrogen and oxygen atoms in total. The van der Waals surface area contributed by atoms with Crippen LogP contribution in [0.1, 0.15) is 33.5 Å². The summed E-state index contributed by atoms with van der Waals surface area (Å²) in [5, 5.41) is 15.4. The van der Waals surface area contributed by atoms with Crippen LogP contribution in [0.25, 0.3) is 0 Å². The van der Waals surface area contributed by atoms with Crippen molar-refractivity contribution in [1.29, 1.82) is 0 Å². The number of nitrogens with zero attached hydrogens (tertiary/aromatic N) is 2. The van der Waals surface area contributed by atoms with Gasteiger partial charge >= 0.3 is 5.97 Å². The van der Waals surface area contributed by atoms with E-state index in [4.69, 9.17) is 0 Å². The maximum Gasteiger partial charge on any atom is 0.305 e. The first-order chi connectivity index (χ1) is 17.0. The van der Waals surface area contributed by atoms with E-state index in [1.54, 1.807) is 29.4 Å². The highest BCUT2D eigenvalue weighted by atomic mass is 16.4. The van der Waals surface area contributed by atoms with Gasteiger partial charge in [0.15, 0.2) is 0 Å². The molecule has 8 heteroatoms. The first-order valence-electron chi connectivity index (χ1n) is 11.6. The Bertz CT molecular complexity index is 1180. The summed E-state index contributed by atoms with van der Waals surface area (Å²) in [4.78, 5) is 43.0. The van der Waals surface area contributed by atoms with E-state index in [-0.39, 0.29) is 18.2 Å². The number of carbonyl (C=O) groups excluding carboxylic acids is 2. The van der Waals surface area contributed by atoms with Gasteiger partial charge in [0.25, 0.3) is 5.91 Å². The number of carboxylic acids is 1. The number of amides is 2. The Morgan fingerprint density at radius 2 is 1.77 bits per heavy atom. The topological polar surface area (TPSA) is 112 Å². The lowest BCUT2D eigenvalue weighted by molar-refractivity contribution is -0.141. The molecule has 180 valence electrons. The molecule has 1 aliphatic heterocycles. The molecule has 0 saturated heterocycles. The zero-order valence-electron chi connectivity index (χ0n) is 19.3. The molecule has 0 fully saturated rings. The van der Waals surface area contributed by atoms with Crippen molar-refractivity contribution in [2.24, 2.45) is 0 Å². The number of hydrogen-bond acceptors (Lipinski definition) is 5. The monoisotopic (exact) mass is 472 g/mol. The zero-order valence-corrected chi connectivity index (χ0v) is 19.3. The third-order valence-corrected chi connectivity index (χ3v) is 6.01. The molecule has 3 aromatic rings. The number of fused-ring (bicyclic) bond motifs is 1. The normalized spacial score (nSPS) is 15.0. The molecule has 1 atom stereocenters. The van der Waals surface area contributed by atoms with E-state index in [0.717, 1.165) is 16.7 Å². The summed E-state index contributed by atoms with van der Waals surface area (Å²) < 4.78 is 0. The molecule has 0 bridgehead atoms. The molecule has 0 saturated carbocycles. The molecular weight excluding hydrogens is 444 g/mol. The van der Waals surface area contributed by atoms with Crippen LogP contribution in [0.2, 0.25) is 0 Å². The van der Waals surface area contributed by atoms with Gasteiger partial charge in [0.1, 0.15) is 6.04 Å². The molecule has 2 heterocycles. The minimum Gasteiger partial charge on any atom is -0.481 e. The Labute approximate surface area is 204 Å². The molecule has 1 aromatic heterocycles. The summed E-state index contributed by atoms with van der Waals surface area (Å²) in [6, 6.07) is 18.0. The van der Waals surface area contributed by atoms with Gasteiger partial charge in [-0.1, -0.05) is 36.4 Å². The summed E-state index contributed by atoms with van der Waals surface area (Å²) >= 11 is 0. The van der Waals surface area contributed by atoms with Crippen LogP contribution < -0.4 is 10.6 Å². The average Bonchev–Trinajstić information content (AvgIpc) is 2.99. The number of carboxylic acid groups (broad SMARTS) is 1. The molecule has 1 unspecified atom stereocenters. The molecule has 0 spiro atoms. The quantitative estimate of drug-likeness (QED) is 0.442. The standard InChI is InChI=1S/C27H28N4O4/c32-25(33)17-24-27(35)31(15-11-19-4-2-1-3-5-19)18-22-7-6-21(16-23(22)30-24)26(34)29-14-10-20-8-12-28-13-9-20/h1-9,12-13,16,24,30H,10-11,14-15,17-18H2,(H,29,34)(H,32,33). The molecule has 3 N–H and O–H groups in total. The Balaban J connectivity index is 1.47. The van der Waals surface area contributed by atoms with Crippen molar-refractivity contribution >= 4 is 23.5 Å². The first kappa shape index (κ1) is 23.9. The maximum absolute atomic E-state index is 13.2. The van der Waals surface area contributed by atoms with Crippen molar-refractivity contribution in [3.8, 4) is 0 Å². The lowest BCUT2D eigenvalue weighted by Gasteiger charge is -2.24. The van der Waals surface area contributed by atoms with E-state index in [0.29, 0.717) is 43.7 Å². The van der Waals surface area contributed by atoms with E-state index >= 15 is 0 Å². The van der Waals surface area contributed by atoms with Crippen molar-refractivity contribution in [3.05, 3.63) is 95.3 Å². The fourth-order valence-electron chi connectivity index (χ4n) is 4.13. The van der Waals surface area contributed by atoms with E-state index in [2.05, 4.69) is 15.6 Å². The van der Waals surface area contributed by atoms with Crippen LogP contribution in [0.15, 0.2) is 73.1 Å². The Hall–Kier alpha value is -4.20. The fraction of sp³-hybridized carbons (Fsp3) is 0.259. The fourth-order valence-corrected chi connectivity index (χ4v) is 4.13. The molecule has 0 aliphatic carbocycles.